The number of rotatable bonds is 11. The van der Waals surface area contributed by atoms with Gasteiger partial charge in [-0.2, -0.15) is 0 Å². The van der Waals surface area contributed by atoms with E-state index < -0.39 is 34.1 Å². The minimum atomic E-state index is -4.23. The summed E-state index contributed by atoms with van der Waals surface area (Å²) < 4.78 is 29.9. The molecule has 4 rings (SSSR count). The summed E-state index contributed by atoms with van der Waals surface area (Å²) in [5, 5.41) is 3.20. The molecule has 0 radical (unpaired) electrons. The van der Waals surface area contributed by atoms with Gasteiger partial charge in [-0.3, -0.25) is 13.9 Å². The van der Waals surface area contributed by atoms with Crippen molar-refractivity contribution in [3.63, 3.8) is 0 Å². The van der Waals surface area contributed by atoms with Gasteiger partial charge in [0.15, 0.2) is 0 Å². The van der Waals surface area contributed by atoms with Gasteiger partial charge < -0.3 is 10.2 Å². The van der Waals surface area contributed by atoms with Crippen LogP contribution in [-0.2, 0) is 32.6 Å². The van der Waals surface area contributed by atoms with E-state index in [2.05, 4.69) is 21.2 Å². The van der Waals surface area contributed by atoms with E-state index in [1.54, 1.807) is 42.5 Å². The average molecular weight is 697 g/mol. The standard InChI is InChI=1S/C34H35BrClN3O4S/c1-34(2,3)37-33(41)31(22-25-13-6-4-7-14-25)38(23-26-15-12-16-27(35)21-26)32(40)24-39(30-20-11-10-19-29(30)36)44(42,43)28-17-8-5-9-18-28/h4-21,31H,22-24H2,1-3H3,(H,37,41). The molecule has 230 valence electrons. The van der Waals surface area contributed by atoms with Crippen molar-refractivity contribution >= 4 is 55.1 Å². The molecule has 0 aromatic heterocycles. The third-order valence-electron chi connectivity index (χ3n) is 6.74. The number of hydrogen-bond donors (Lipinski definition) is 1. The average Bonchev–Trinajstić information content (AvgIpc) is 2.98. The van der Waals surface area contributed by atoms with Crippen LogP contribution in [-0.4, -0.2) is 43.3 Å². The largest absolute Gasteiger partial charge is 0.350 e. The lowest BCUT2D eigenvalue weighted by molar-refractivity contribution is -0.140. The molecule has 1 unspecified atom stereocenters. The minimum absolute atomic E-state index is 0.0116. The van der Waals surface area contributed by atoms with Gasteiger partial charge in [0, 0.05) is 23.0 Å². The highest BCUT2D eigenvalue weighted by Crippen LogP contribution is 2.31. The van der Waals surface area contributed by atoms with Gasteiger partial charge in [0.25, 0.3) is 10.0 Å². The fourth-order valence-electron chi connectivity index (χ4n) is 4.73. The summed E-state index contributed by atoms with van der Waals surface area (Å²) in [6.45, 7) is 5.10. The van der Waals surface area contributed by atoms with Gasteiger partial charge in [0.1, 0.15) is 12.6 Å². The van der Waals surface area contributed by atoms with Gasteiger partial charge >= 0.3 is 0 Å². The number of halogens is 2. The van der Waals surface area contributed by atoms with E-state index in [0.29, 0.717) is 0 Å². The van der Waals surface area contributed by atoms with Crippen molar-refractivity contribution in [2.75, 3.05) is 10.8 Å². The molecule has 0 bridgehead atoms. The quantitative estimate of drug-likeness (QED) is 0.186. The van der Waals surface area contributed by atoms with E-state index in [-0.39, 0.29) is 34.5 Å². The SMILES string of the molecule is CC(C)(C)NC(=O)C(Cc1ccccc1)N(Cc1cccc(Br)c1)C(=O)CN(c1ccccc1Cl)S(=O)(=O)c1ccccc1. The van der Waals surface area contributed by atoms with Crippen molar-refractivity contribution in [1.29, 1.82) is 0 Å². The Labute approximate surface area is 273 Å². The molecule has 4 aromatic carbocycles. The zero-order chi connectivity index (χ0) is 31.9. The van der Waals surface area contributed by atoms with Crippen LogP contribution in [0.2, 0.25) is 5.02 Å². The Kier molecular flexibility index (Phi) is 10.9. The maximum atomic E-state index is 14.5. The molecule has 0 fully saturated rings. The number of benzene rings is 4. The lowest BCUT2D eigenvalue weighted by Crippen LogP contribution is -2.56. The zero-order valence-corrected chi connectivity index (χ0v) is 27.9. The van der Waals surface area contributed by atoms with Crippen molar-refractivity contribution in [2.45, 2.75) is 50.2 Å². The summed E-state index contributed by atoms with van der Waals surface area (Å²) >= 11 is 10.0. The second-order valence-corrected chi connectivity index (χ2v) is 14.6. The summed E-state index contributed by atoms with van der Waals surface area (Å²) in [7, 11) is -4.23. The summed E-state index contributed by atoms with van der Waals surface area (Å²) in [5.74, 6) is -0.908. The van der Waals surface area contributed by atoms with Crippen LogP contribution in [0, 0.1) is 0 Å². The number of anilines is 1. The van der Waals surface area contributed by atoms with Gasteiger partial charge in [-0.1, -0.05) is 100 Å². The molecule has 7 nitrogen and oxygen atoms in total. The molecule has 0 heterocycles. The molecule has 1 N–H and O–H groups in total. The van der Waals surface area contributed by atoms with Gasteiger partial charge in [0.2, 0.25) is 11.8 Å². The molecule has 10 heteroatoms. The number of carbonyl (C=O) groups excluding carboxylic acids is 2. The fourth-order valence-corrected chi connectivity index (χ4v) is 6.91. The van der Waals surface area contributed by atoms with Gasteiger partial charge in [-0.15, -0.1) is 0 Å². The fraction of sp³-hybridized carbons (Fsp3) is 0.235. The number of carbonyl (C=O) groups is 2. The number of sulfonamides is 1. The van der Waals surface area contributed by atoms with Crippen molar-refractivity contribution in [3.05, 3.63) is 130 Å². The van der Waals surface area contributed by atoms with E-state index in [1.807, 2.05) is 75.4 Å². The molecular weight excluding hydrogens is 662 g/mol. The molecule has 4 aromatic rings. The van der Waals surface area contributed by atoms with Crippen LogP contribution < -0.4 is 9.62 Å². The van der Waals surface area contributed by atoms with Crippen molar-refractivity contribution < 1.29 is 18.0 Å². The van der Waals surface area contributed by atoms with Crippen LogP contribution in [0.25, 0.3) is 0 Å². The molecule has 0 spiro atoms. The highest BCUT2D eigenvalue weighted by atomic mass is 79.9. The van der Waals surface area contributed by atoms with Crippen LogP contribution in [0.5, 0.6) is 0 Å². The highest BCUT2D eigenvalue weighted by Gasteiger charge is 2.36. The topological polar surface area (TPSA) is 86.8 Å². The predicted octanol–water partition coefficient (Wildman–Crippen LogP) is 6.85. The molecule has 0 aliphatic heterocycles. The van der Waals surface area contributed by atoms with E-state index in [0.717, 1.165) is 19.9 Å². The van der Waals surface area contributed by atoms with Crippen molar-refractivity contribution in [2.24, 2.45) is 0 Å². The first kappa shape index (κ1) is 33.2. The number of para-hydroxylation sites is 1. The summed E-state index contributed by atoms with van der Waals surface area (Å²) in [6, 6.07) is 30.3. The third kappa shape index (κ3) is 8.71. The van der Waals surface area contributed by atoms with Crippen molar-refractivity contribution in [1.82, 2.24) is 10.2 Å². The van der Waals surface area contributed by atoms with Crippen LogP contribution in [0.3, 0.4) is 0 Å². The van der Waals surface area contributed by atoms with E-state index in [9.17, 15) is 18.0 Å². The maximum absolute atomic E-state index is 14.5. The van der Waals surface area contributed by atoms with E-state index >= 15 is 0 Å². The van der Waals surface area contributed by atoms with Gasteiger partial charge in [0.05, 0.1) is 15.6 Å². The van der Waals surface area contributed by atoms with Crippen LogP contribution in [0.15, 0.2) is 119 Å². The normalized spacial score (nSPS) is 12.3. The summed E-state index contributed by atoms with van der Waals surface area (Å²) in [6.07, 6.45) is 0.222. The van der Waals surface area contributed by atoms with E-state index in [1.165, 1.54) is 17.0 Å². The Morgan fingerprint density at radius 3 is 2.05 bits per heavy atom. The molecule has 1 atom stereocenters. The first-order valence-corrected chi connectivity index (χ1v) is 16.7. The van der Waals surface area contributed by atoms with Crippen LogP contribution in [0.1, 0.15) is 31.9 Å². The number of nitrogens with one attached hydrogen (secondary N) is 1. The molecule has 0 aliphatic rings. The van der Waals surface area contributed by atoms with Crippen LogP contribution >= 0.6 is 27.5 Å². The lowest BCUT2D eigenvalue weighted by atomic mass is 10.0. The maximum Gasteiger partial charge on any atom is 0.264 e. The van der Waals surface area contributed by atoms with Gasteiger partial charge in [-0.05, 0) is 68.3 Å². The Morgan fingerprint density at radius 2 is 1.43 bits per heavy atom. The first-order chi connectivity index (χ1) is 20.8. The Balaban J connectivity index is 1.82. The Morgan fingerprint density at radius 1 is 0.841 bits per heavy atom. The van der Waals surface area contributed by atoms with Crippen LogP contribution in [0.4, 0.5) is 5.69 Å². The second-order valence-electron chi connectivity index (χ2n) is 11.4. The minimum Gasteiger partial charge on any atom is -0.350 e. The summed E-state index contributed by atoms with van der Waals surface area (Å²) in [5.41, 5.74) is 1.21. The molecule has 0 aliphatic carbocycles. The van der Waals surface area contributed by atoms with Gasteiger partial charge in [-0.25, -0.2) is 8.42 Å². The predicted molar refractivity (Wildman–Crippen MR) is 179 cm³/mol. The number of nitrogens with zero attached hydrogens (tertiary/aromatic N) is 2. The third-order valence-corrected chi connectivity index (χ3v) is 9.33. The number of amides is 2. The van der Waals surface area contributed by atoms with E-state index in [4.69, 9.17) is 11.6 Å². The molecular formula is C34H35BrClN3O4S. The van der Waals surface area contributed by atoms with Crippen molar-refractivity contribution in [3.8, 4) is 0 Å². The highest BCUT2D eigenvalue weighted by molar-refractivity contribution is 9.10. The monoisotopic (exact) mass is 695 g/mol. The lowest BCUT2D eigenvalue weighted by Gasteiger charge is -2.35. The molecule has 2 amide bonds. The zero-order valence-electron chi connectivity index (χ0n) is 24.8. The summed E-state index contributed by atoms with van der Waals surface area (Å²) in [4.78, 5) is 29.9. The smallest absolute Gasteiger partial charge is 0.264 e. The number of hydrogen-bond acceptors (Lipinski definition) is 4. The molecule has 0 saturated heterocycles. The molecule has 0 saturated carbocycles. The molecule has 44 heavy (non-hydrogen) atoms. The Bertz CT molecular complexity index is 1700. The second kappa shape index (κ2) is 14.4. The first-order valence-electron chi connectivity index (χ1n) is 14.1. The Hall–Kier alpha value is -3.66.